The first-order valence-corrected chi connectivity index (χ1v) is 8.95. The van der Waals surface area contributed by atoms with Crippen molar-refractivity contribution in [1.29, 1.82) is 0 Å². The van der Waals surface area contributed by atoms with Gasteiger partial charge in [0.2, 0.25) is 11.8 Å². The Bertz CT molecular complexity index is 999. The molecule has 1 atom stereocenters. The second-order valence-corrected chi connectivity index (χ2v) is 6.98. The summed E-state index contributed by atoms with van der Waals surface area (Å²) < 4.78 is 7.78. The van der Waals surface area contributed by atoms with E-state index >= 15 is 0 Å². The normalized spacial score (nSPS) is 12.2. The number of aromatic nitrogens is 6. The van der Waals surface area contributed by atoms with Crippen LogP contribution in [-0.2, 0) is 7.05 Å². The molecule has 26 heavy (non-hydrogen) atoms. The molecule has 0 aliphatic rings. The molecule has 0 saturated carbocycles. The third-order valence-electron chi connectivity index (χ3n) is 3.86. The zero-order valence-corrected chi connectivity index (χ0v) is 15.1. The number of hydrogen-bond donors (Lipinski definition) is 0. The Hall–Kier alpha value is -3.00. The van der Waals surface area contributed by atoms with Crippen LogP contribution < -0.4 is 0 Å². The van der Waals surface area contributed by atoms with Gasteiger partial charge in [0.1, 0.15) is 0 Å². The molecule has 0 amide bonds. The Morgan fingerprint density at radius 3 is 2.46 bits per heavy atom. The van der Waals surface area contributed by atoms with Gasteiger partial charge in [0, 0.05) is 30.6 Å². The van der Waals surface area contributed by atoms with Crippen molar-refractivity contribution in [3.63, 3.8) is 0 Å². The van der Waals surface area contributed by atoms with E-state index in [0.29, 0.717) is 11.8 Å². The van der Waals surface area contributed by atoms with Crippen molar-refractivity contribution in [3.8, 4) is 22.8 Å². The van der Waals surface area contributed by atoms with Crippen LogP contribution in [0, 0.1) is 0 Å². The number of benzene rings is 1. The van der Waals surface area contributed by atoms with Crippen LogP contribution in [-0.4, -0.2) is 29.9 Å². The molecule has 0 aliphatic carbocycles. The van der Waals surface area contributed by atoms with Crippen molar-refractivity contribution in [1.82, 2.24) is 29.9 Å². The summed E-state index contributed by atoms with van der Waals surface area (Å²) in [5.74, 6) is 1.86. The van der Waals surface area contributed by atoms with Gasteiger partial charge in [-0.1, -0.05) is 30.0 Å². The highest BCUT2D eigenvalue weighted by Gasteiger charge is 2.20. The average Bonchev–Trinajstić information content (AvgIpc) is 3.31. The van der Waals surface area contributed by atoms with E-state index in [1.807, 2.05) is 61.0 Å². The summed E-state index contributed by atoms with van der Waals surface area (Å²) in [5, 5.41) is 17.6. The fourth-order valence-corrected chi connectivity index (χ4v) is 3.32. The van der Waals surface area contributed by atoms with Crippen LogP contribution in [0.25, 0.3) is 22.8 Å². The predicted molar refractivity (Wildman–Crippen MR) is 98.2 cm³/mol. The van der Waals surface area contributed by atoms with E-state index in [9.17, 15) is 0 Å². The number of thioether (sulfide) groups is 1. The van der Waals surface area contributed by atoms with Crippen LogP contribution in [0.3, 0.4) is 0 Å². The maximum absolute atomic E-state index is 5.83. The Labute approximate surface area is 154 Å². The maximum Gasteiger partial charge on any atom is 0.247 e. The second-order valence-electron chi connectivity index (χ2n) is 5.67. The lowest BCUT2D eigenvalue weighted by Gasteiger charge is -2.07. The molecule has 3 heterocycles. The summed E-state index contributed by atoms with van der Waals surface area (Å²) in [6, 6.07) is 13.5. The number of pyridine rings is 1. The van der Waals surface area contributed by atoms with Crippen molar-refractivity contribution in [2.24, 2.45) is 7.05 Å². The molecular weight excluding hydrogens is 348 g/mol. The van der Waals surface area contributed by atoms with Crippen LogP contribution in [0.4, 0.5) is 0 Å². The van der Waals surface area contributed by atoms with Crippen molar-refractivity contribution in [2.45, 2.75) is 17.3 Å². The van der Waals surface area contributed by atoms with Gasteiger partial charge in [-0.2, -0.15) is 0 Å². The minimum absolute atomic E-state index is 0.0480. The van der Waals surface area contributed by atoms with Gasteiger partial charge >= 0.3 is 0 Å². The van der Waals surface area contributed by atoms with Gasteiger partial charge in [-0.05, 0) is 31.2 Å². The maximum atomic E-state index is 5.83. The third-order valence-corrected chi connectivity index (χ3v) is 4.99. The molecule has 0 radical (unpaired) electrons. The first-order valence-electron chi connectivity index (χ1n) is 8.07. The Morgan fingerprint density at radius 2 is 1.69 bits per heavy atom. The third kappa shape index (κ3) is 3.23. The molecule has 3 aromatic heterocycles. The van der Waals surface area contributed by atoms with E-state index in [1.54, 1.807) is 12.4 Å². The highest BCUT2D eigenvalue weighted by atomic mass is 32.2. The van der Waals surface area contributed by atoms with Crippen LogP contribution in [0.2, 0.25) is 0 Å². The summed E-state index contributed by atoms with van der Waals surface area (Å²) in [6.45, 7) is 2.01. The topological polar surface area (TPSA) is 82.5 Å². The average molecular weight is 364 g/mol. The Morgan fingerprint density at radius 1 is 0.923 bits per heavy atom. The predicted octanol–water partition coefficient (Wildman–Crippen LogP) is 3.78. The Kier molecular flexibility index (Phi) is 4.49. The minimum Gasteiger partial charge on any atom is -0.419 e. The van der Waals surface area contributed by atoms with Crippen molar-refractivity contribution in [3.05, 3.63) is 60.7 Å². The molecule has 7 nitrogen and oxygen atoms in total. The summed E-state index contributed by atoms with van der Waals surface area (Å²) in [4.78, 5) is 4.03. The van der Waals surface area contributed by atoms with Gasteiger partial charge in [-0.15, -0.1) is 20.4 Å². The minimum atomic E-state index is -0.0480. The fourth-order valence-electron chi connectivity index (χ4n) is 2.47. The van der Waals surface area contributed by atoms with Crippen molar-refractivity contribution < 1.29 is 4.42 Å². The molecule has 1 aromatic carbocycles. The molecule has 0 saturated heterocycles. The van der Waals surface area contributed by atoms with Crippen LogP contribution >= 0.6 is 11.8 Å². The monoisotopic (exact) mass is 364 g/mol. The molecule has 0 unspecified atom stereocenters. The lowest BCUT2D eigenvalue weighted by atomic mass is 10.2. The molecule has 4 aromatic rings. The summed E-state index contributed by atoms with van der Waals surface area (Å²) in [6.07, 6.45) is 3.48. The van der Waals surface area contributed by atoms with Gasteiger partial charge in [-0.3, -0.25) is 4.98 Å². The summed E-state index contributed by atoms with van der Waals surface area (Å²) >= 11 is 1.52. The van der Waals surface area contributed by atoms with Crippen LogP contribution in [0.5, 0.6) is 0 Å². The van der Waals surface area contributed by atoms with E-state index in [2.05, 4.69) is 25.4 Å². The zero-order chi connectivity index (χ0) is 17.9. The number of nitrogens with zero attached hydrogens (tertiary/aromatic N) is 6. The van der Waals surface area contributed by atoms with Crippen LogP contribution in [0.15, 0.2) is 64.4 Å². The number of hydrogen-bond acceptors (Lipinski definition) is 7. The molecule has 0 aliphatic heterocycles. The molecule has 4 rings (SSSR count). The van der Waals surface area contributed by atoms with E-state index < -0.39 is 0 Å². The van der Waals surface area contributed by atoms with E-state index in [1.165, 1.54) is 11.8 Å². The summed E-state index contributed by atoms with van der Waals surface area (Å²) in [5.41, 5.74) is 1.88. The van der Waals surface area contributed by atoms with Gasteiger partial charge in [-0.25, -0.2) is 0 Å². The highest BCUT2D eigenvalue weighted by Crippen LogP contribution is 2.35. The van der Waals surface area contributed by atoms with Crippen molar-refractivity contribution >= 4 is 11.8 Å². The molecule has 0 spiro atoms. The second kappa shape index (κ2) is 7.09. The number of rotatable bonds is 5. The van der Waals surface area contributed by atoms with Gasteiger partial charge in [0.25, 0.3) is 0 Å². The largest absolute Gasteiger partial charge is 0.419 e. The van der Waals surface area contributed by atoms with Gasteiger partial charge in [0.15, 0.2) is 11.0 Å². The fraction of sp³-hybridized carbons (Fsp3) is 0.167. The summed E-state index contributed by atoms with van der Waals surface area (Å²) in [7, 11) is 1.94. The van der Waals surface area contributed by atoms with E-state index in [4.69, 9.17) is 4.42 Å². The molecule has 130 valence electrons. The van der Waals surface area contributed by atoms with E-state index in [-0.39, 0.29) is 5.25 Å². The molecule has 0 fully saturated rings. The standard InChI is InChI=1S/C18H16N6OS/c1-12(16-21-22-17(25-16)14-6-4-3-5-7-14)26-18-23-20-15(24(18)2)13-8-10-19-11-9-13/h3-12H,1-2H3/t12-/m0/s1. The lowest BCUT2D eigenvalue weighted by Crippen LogP contribution is -1.97. The molecule has 0 N–H and O–H groups in total. The van der Waals surface area contributed by atoms with Gasteiger partial charge in [0.05, 0.1) is 5.25 Å². The molecular formula is C18H16N6OS. The van der Waals surface area contributed by atoms with E-state index in [0.717, 1.165) is 22.1 Å². The first-order chi connectivity index (χ1) is 12.7. The van der Waals surface area contributed by atoms with Crippen molar-refractivity contribution in [2.75, 3.05) is 0 Å². The smallest absolute Gasteiger partial charge is 0.247 e. The van der Waals surface area contributed by atoms with Crippen LogP contribution in [0.1, 0.15) is 18.1 Å². The zero-order valence-electron chi connectivity index (χ0n) is 14.3. The Balaban J connectivity index is 1.53. The highest BCUT2D eigenvalue weighted by molar-refractivity contribution is 7.99. The molecule has 8 heteroatoms. The quantitative estimate of drug-likeness (QED) is 0.498. The SMILES string of the molecule is C[C@H](Sc1nnc(-c2ccncc2)n1C)c1nnc(-c2ccccc2)o1. The molecule has 0 bridgehead atoms. The van der Waals surface area contributed by atoms with Gasteiger partial charge < -0.3 is 8.98 Å². The lowest BCUT2D eigenvalue weighted by molar-refractivity contribution is 0.508. The first kappa shape index (κ1) is 16.5.